The Morgan fingerprint density at radius 1 is 1.32 bits per heavy atom. The highest BCUT2D eigenvalue weighted by molar-refractivity contribution is 5.86. The highest BCUT2D eigenvalue weighted by atomic mass is 16.5. The molecule has 0 fully saturated rings. The summed E-state index contributed by atoms with van der Waals surface area (Å²) in [6.45, 7) is 3.29. The van der Waals surface area contributed by atoms with Gasteiger partial charge in [-0.1, -0.05) is 30.3 Å². The van der Waals surface area contributed by atoms with Gasteiger partial charge in [0.1, 0.15) is 12.1 Å². The summed E-state index contributed by atoms with van der Waals surface area (Å²) in [5.41, 5.74) is 0.909. The van der Waals surface area contributed by atoms with Crippen molar-refractivity contribution in [2.24, 2.45) is 0 Å². The third-order valence-electron chi connectivity index (χ3n) is 2.55. The zero-order valence-corrected chi connectivity index (χ0v) is 11.1. The maximum Gasteiger partial charge on any atom is 0.328 e. The second-order valence-electron chi connectivity index (χ2n) is 4.18. The number of rotatable bonds is 6. The molecule has 0 saturated carbocycles. The summed E-state index contributed by atoms with van der Waals surface area (Å²) in [5.74, 6) is -1.09. The van der Waals surface area contributed by atoms with E-state index in [-0.39, 0.29) is 6.61 Å². The number of carbonyl (C=O) groups is 2. The van der Waals surface area contributed by atoms with Crippen LogP contribution in [0.25, 0.3) is 0 Å². The minimum atomic E-state index is -1.16. The van der Waals surface area contributed by atoms with E-state index in [0.717, 1.165) is 5.56 Å². The number of hydrogen-bond acceptors (Lipinski definition) is 4. The van der Waals surface area contributed by atoms with Crippen LogP contribution in [0.1, 0.15) is 19.4 Å². The molecule has 5 heteroatoms. The van der Waals surface area contributed by atoms with Gasteiger partial charge in [0.05, 0.1) is 6.61 Å². The summed E-state index contributed by atoms with van der Waals surface area (Å²) in [4.78, 5) is 23.3. The Morgan fingerprint density at radius 3 is 2.47 bits per heavy atom. The van der Waals surface area contributed by atoms with E-state index in [4.69, 9.17) is 4.74 Å². The molecule has 5 nitrogen and oxygen atoms in total. The lowest BCUT2D eigenvalue weighted by atomic mass is 10.1. The summed E-state index contributed by atoms with van der Waals surface area (Å²) < 4.78 is 4.92. The minimum absolute atomic E-state index is 0.245. The maximum absolute atomic E-state index is 11.8. The van der Waals surface area contributed by atoms with Crippen LogP contribution >= 0.6 is 0 Å². The second-order valence-corrected chi connectivity index (χ2v) is 4.18. The van der Waals surface area contributed by atoms with Gasteiger partial charge in [-0.25, -0.2) is 4.79 Å². The van der Waals surface area contributed by atoms with E-state index in [1.165, 1.54) is 6.92 Å². The molecule has 19 heavy (non-hydrogen) atoms. The molecule has 0 heterocycles. The van der Waals surface area contributed by atoms with Gasteiger partial charge in [0.15, 0.2) is 0 Å². The first-order valence-corrected chi connectivity index (χ1v) is 6.23. The molecule has 1 aromatic rings. The van der Waals surface area contributed by atoms with Crippen molar-refractivity contribution in [2.75, 3.05) is 6.61 Å². The van der Waals surface area contributed by atoms with E-state index in [2.05, 4.69) is 5.32 Å². The molecule has 104 valence electrons. The molecule has 0 aliphatic rings. The van der Waals surface area contributed by atoms with Crippen LogP contribution in [0.5, 0.6) is 0 Å². The number of amides is 1. The zero-order chi connectivity index (χ0) is 14.3. The quantitative estimate of drug-likeness (QED) is 0.741. The monoisotopic (exact) mass is 265 g/mol. The number of benzene rings is 1. The third-order valence-corrected chi connectivity index (χ3v) is 2.55. The molecular formula is C14H19NO4. The fourth-order valence-corrected chi connectivity index (χ4v) is 1.58. The number of hydrogen-bond donors (Lipinski definition) is 2. The molecule has 0 saturated heterocycles. The van der Waals surface area contributed by atoms with Gasteiger partial charge in [0.2, 0.25) is 5.91 Å². The summed E-state index contributed by atoms with van der Waals surface area (Å²) >= 11 is 0. The molecule has 1 aromatic carbocycles. The maximum atomic E-state index is 11.8. The predicted molar refractivity (Wildman–Crippen MR) is 70.4 cm³/mol. The Bertz CT molecular complexity index is 417. The fourth-order valence-electron chi connectivity index (χ4n) is 1.58. The van der Waals surface area contributed by atoms with Gasteiger partial charge in [0, 0.05) is 6.42 Å². The average molecular weight is 265 g/mol. The molecule has 0 aliphatic carbocycles. The van der Waals surface area contributed by atoms with Crippen LogP contribution in [0.4, 0.5) is 0 Å². The van der Waals surface area contributed by atoms with Crippen molar-refractivity contribution < 1.29 is 19.4 Å². The van der Waals surface area contributed by atoms with Crippen LogP contribution in [-0.2, 0) is 20.7 Å². The van der Waals surface area contributed by atoms with Crippen LogP contribution in [-0.4, -0.2) is 35.7 Å². The van der Waals surface area contributed by atoms with Gasteiger partial charge in [-0.2, -0.15) is 0 Å². The predicted octanol–water partition coefficient (Wildman–Crippen LogP) is 0.658. The van der Waals surface area contributed by atoms with E-state index in [1.807, 2.05) is 30.3 Å². The molecule has 0 aromatic heterocycles. The van der Waals surface area contributed by atoms with Gasteiger partial charge < -0.3 is 15.2 Å². The van der Waals surface area contributed by atoms with Gasteiger partial charge in [0.25, 0.3) is 0 Å². The first-order chi connectivity index (χ1) is 9.04. The lowest BCUT2D eigenvalue weighted by molar-refractivity contribution is -0.148. The zero-order valence-electron chi connectivity index (χ0n) is 11.1. The summed E-state index contributed by atoms with van der Waals surface area (Å²) in [5, 5.41) is 11.7. The van der Waals surface area contributed by atoms with Crippen LogP contribution in [0, 0.1) is 0 Å². The summed E-state index contributed by atoms with van der Waals surface area (Å²) in [7, 11) is 0. The Morgan fingerprint density at radius 2 is 1.95 bits per heavy atom. The van der Waals surface area contributed by atoms with E-state index >= 15 is 0 Å². The topological polar surface area (TPSA) is 75.6 Å². The third kappa shape index (κ3) is 5.09. The second kappa shape index (κ2) is 7.53. The average Bonchev–Trinajstić information content (AvgIpc) is 2.39. The molecular weight excluding hydrogens is 246 g/mol. The Kier molecular flexibility index (Phi) is 6.02. The SMILES string of the molecule is CCOC(=O)C(Cc1ccccc1)NC(=O)C(C)O. The van der Waals surface area contributed by atoms with Crippen LogP contribution < -0.4 is 5.32 Å². The molecule has 2 atom stereocenters. The molecule has 2 N–H and O–H groups in total. The van der Waals surface area contributed by atoms with Crippen LogP contribution in [0.3, 0.4) is 0 Å². The fraction of sp³-hybridized carbons (Fsp3) is 0.429. The van der Waals surface area contributed by atoms with Gasteiger partial charge >= 0.3 is 5.97 Å². The molecule has 1 rings (SSSR count). The van der Waals surface area contributed by atoms with E-state index in [0.29, 0.717) is 6.42 Å². The van der Waals surface area contributed by atoms with Gasteiger partial charge in [-0.05, 0) is 19.4 Å². The number of ether oxygens (including phenoxy) is 1. The number of aliphatic hydroxyl groups excluding tert-OH is 1. The largest absolute Gasteiger partial charge is 0.464 e. The van der Waals surface area contributed by atoms with E-state index in [9.17, 15) is 14.7 Å². The van der Waals surface area contributed by atoms with Crippen molar-refractivity contribution in [3.63, 3.8) is 0 Å². The Hall–Kier alpha value is -1.88. The van der Waals surface area contributed by atoms with Gasteiger partial charge in [-0.15, -0.1) is 0 Å². The first kappa shape index (κ1) is 15.2. The number of aliphatic hydroxyl groups is 1. The standard InChI is InChI=1S/C14H19NO4/c1-3-19-14(18)12(15-13(17)10(2)16)9-11-7-5-4-6-8-11/h4-8,10,12,16H,3,9H2,1-2H3,(H,15,17). The Balaban J connectivity index is 2.74. The molecule has 0 bridgehead atoms. The van der Waals surface area contributed by atoms with Crippen LogP contribution in [0.2, 0.25) is 0 Å². The van der Waals surface area contributed by atoms with Crippen molar-refractivity contribution in [3.8, 4) is 0 Å². The molecule has 1 amide bonds. The smallest absolute Gasteiger partial charge is 0.328 e. The number of nitrogens with one attached hydrogen (secondary N) is 1. The highest BCUT2D eigenvalue weighted by Crippen LogP contribution is 2.05. The summed E-state index contributed by atoms with van der Waals surface area (Å²) in [6, 6.07) is 8.52. The van der Waals surface area contributed by atoms with E-state index < -0.39 is 24.0 Å². The van der Waals surface area contributed by atoms with Crippen molar-refractivity contribution >= 4 is 11.9 Å². The van der Waals surface area contributed by atoms with Gasteiger partial charge in [-0.3, -0.25) is 4.79 Å². The first-order valence-electron chi connectivity index (χ1n) is 6.23. The number of carbonyl (C=O) groups excluding carboxylic acids is 2. The van der Waals surface area contributed by atoms with Crippen molar-refractivity contribution in [1.29, 1.82) is 0 Å². The van der Waals surface area contributed by atoms with Crippen molar-refractivity contribution in [1.82, 2.24) is 5.32 Å². The molecule has 0 aliphatic heterocycles. The lowest BCUT2D eigenvalue weighted by Gasteiger charge is -2.18. The molecule has 0 spiro atoms. The summed E-state index contributed by atoms with van der Waals surface area (Å²) in [6.07, 6.45) is -0.828. The number of esters is 1. The minimum Gasteiger partial charge on any atom is -0.464 e. The van der Waals surface area contributed by atoms with Crippen LogP contribution in [0.15, 0.2) is 30.3 Å². The molecule has 0 radical (unpaired) electrons. The molecule has 2 unspecified atom stereocenters. The Labute approximate surface area is 112 Å². The normalized spacial score (nSPS) is 13.4. The van der Waals surface area contributed by atoms with Crippen molar-refractivity contribution in [3.05, 3.63) is 35.9 Å². The van der Waals surface area contributed by atoms with E-state index in [1.54, 1.807) is 6.92 Å². The highest BCUT2D eigenvalue weighted by Gasteiger charge is 2.23. The van der Waals surface area contributed by atoms with Crippen molar-refractivity contribution in [2.45, 2.75) is 32.4 Å². The lowest BCUT2D eigenvalue weighted by Crippen LogP contribution is -2.46.